The zero-order valence-corrected chi connectivity index (χ0v) is 10.7. The summed E-state index contributed by atoms with van der Waals surface area (Å²) in [4.78, 5) is 0. The zero-order valence-electron chi connectivity index (χ0n) is 10.7. The minimum atomic E-state index is 0.597. The van der Waals surface area contributed by atoms with Gasteiger partial charge >= 0.3 is 0 Å². The van der Waals surface area contributed by atoms with Crippen molar-refractivity contribution in [3.63, 3.8) is 0 Å². The minimum Gasteiger partial charge on any atom is -0.385 e. The molecule has 2 atom stereocenters. The van der Waals surface area contributed by atoms with Crippen LogP contribution in [-0.2, 0) is 9.47 Å². The summed E-state index contributed by atoms with van der Waals surface area (Å²) < 4.78 is 10.2. The van der Waals surface area contributed by atoms with Crippen LogP contribution in [0.15, 0.2) is 0 Å². The van der Waals surface area contributed by atoms with E-state index in [0.29, 0.717) is 12.0 Å². The molecule has 0 aliphatic heterocycles. The van der Waals surface area contributed by atoms with Gasteiger partial charge in [0.25, 0.3) is 0 Å². The maximum absolute atomic E-state index is 5.11. The third-order valence-electron chi connectivity index (χ3n) is 2.79. The predicted molar refractivity (Wildman–Crippen MR) is 64.2 cm³/mol. The topological polar surface area (TPSA) is 30.5 Å². The Morgan fingerprint density at radius 2 is 1.73 bits per heavy atom. The molecule has 0 rings (SSSR count). The van der Waals surface area contributed by atoms with Gasteiger partial charge in [-0.25, -0.2) is 0 Å². The summed E-state index contributed by atoms with van der Waals surface area (Å²) in [5.74, 6) is 0.668. The molecule has 0 heterocycles. The summed E-state index contributed by atoms with van der Waals surface area (Å²) in [7, 11) is 3.52. The fourth-order valence-corrected chi connectivity index (χ4v) is 1.80. The molecule has 0 bridgehead atoms. The van der Waals surface area contributed by atoms with E-state index in [1.807, 2.05) is 0 Å². The number of rotatable bonds is 10. The van der Waals surface area contributed by atoms with E-state index in [1.165, 1.54) is 6.42 Å². The molecule has 92 valence electrons. The number of methoxy groups -OCH3 is 2. The average molecular weight is 217 g/mol. The normalized spacial score (nSPS) is 15.2. The van der Waals surface area contributed by atoms with Gasteiger partial charge in [-0.15, -0.1) is 0 Å². The highest BCUT2D eigenvalue weighted by Gasteiger charge is 2.15. The molecule has 0 spiro atoms. The summed E-state index contributed by atoms with van der Waals surface area (Å²) in [6, 6.07) is 0.597. The molecule has 0 amide bonds. The molecule has 1 N–H and O–H groups in total. The highest BCUT2D eigenvalue weighted by molar-refractivity contribution is 4.72. The molecular formula is C12H27NO2. The van der Waals surface area contributed by atoms with Crippen LogP contribution in [0.3, 0.4) is 0 Å². The van der Waals surface area contributed by atoms with Gasteiger partial charge in [-0.05, 0) is 31.7 Å². The van der Waals surface area contributed by atoms with Crippen molar-refractivity contribution in [1.82, 2.24) is 5.32 Å². The molecule has 2 unspecified atom stereocenters. The summed E-state index contributed by atoms with van der Waals surface area (Å²) in [5, 5.41) is 3.54. The lowest BCUT2D eigenvalue weighted by molar-refractivity contribution is 0.160. The molecule has 15 heavy (non-hydrogen) atoms. The van der Waals surface area contributed by atoms with Crippen LogP contribution >= 0.6 is 0 Å². The lowest BCUT2D eigenvalue weighted by Crippen LogP contribution is -2.35. The van der Waals surface area contributed by atoms with Crippen molar-refractivity contribution < 1.29 is 9.47 Å². The van der Waals surface area contributed by atoms with Gasteiger partial charge in [0.2, 0.25) is 0 Å². The molecule has 0 aliphatic carbocycles. The monoisotopic (exact) mass is 217 g/mol. The second-order valence-corrected chi connectivity index (χ2v) is 4.06. The lowest BCUT2D eigenvalue weighted by Gasteiger charge is -2.24. The molecule has 0 aliphatic rings. The fraction of sp³-hybridized carbons (Fsp3) is 1.00. The number of ether oxygens (including phenoxy) is 2. The van der Waals surface area contributed by atoms with Crippen LogP contribution in [0.5, 0.6) is 0 Å². The molecular weight excluding hydrogens is 190 g/mol. The van der Waals surface area contributed by atoms with E-state index in [0.717, 1.165) is 32.6 Å². The molecule has 0 fully saturated rings. The van der Waals surface area contributed by atoms with E-state index in [2.05, 4.69) is 19.2 Å². The van der Waals surface area contributed by atoms with Gasteiger partial charge in [0.05, 0.1) is 0 Å². The van der Waals surface area contributed by atoms with E-state index >= 15 is 0 Å². The molecule has 0 saturated heterocycles. The van der Waals surface area contributed by atoms with Gasteiger partial charge in [0.15, 0.2) is 0 Å². The first kappa shape index (κ1) is 14.9. The Bertz CT molecular complexity index is 131. The van der Waals surface area contributed by atoms with Crippen LogP contribution in [-0.4, -0.2) is 40.0 Å². The maximum Gasteiger partial charge on any atom is 0.0465 e. The first-order valence-corrected chi connectivity index (χ1v) is 5.97. The Hall–Kier alpha value is -0.120. The van der Waals surface area contributed by atoms with Gasteiger partial charge in [-0.3, -0.25) is 0 Å². The Balaban J connectivity index is 3.77. The van der Waals surface area contributed by atoms with Gasteiger partial charge < -0.3 is 14.8 Å². The largest absolute Gasteiger partial charge is 0.385 e. The highest BCUT2D eigenvalue weighted by Crippen LogP contribution is 2.13. The molecule has 3 heteroatoms. The van der Waals surface area contributed by atoms with Gasteiger partial charge in [-0.1, -0.05) is 13.8 Å². The number of hydrogen-bond donors (Lipinski definition) is 1. The van der Waals surface area contributed by atoms with Gasteiger partial charge in [-0.2, -0.15) is 0 Å². The van der Waals surface area contributed by atoms with E-state index in [1.54, 1.807) is 14.2 Å². The van der Waals surface area contributed by atoms with E-state index in [9.17, 15) is 0 Å². The van der Waals surface area contributed by atoms with Crippen LogP contribution in [0.4, 0.5) is 0 Å². The average Bonchev–Trinajstić information content (AvgIpc) is 2.25. The van der Waals surface area contributed by atoms with Crippen LogP contribution in [0.25, 0.3) is 0 Å². The molecule has 0 radical (unpaired) electrons. The van der Waals surface area contributed by atoms with Crippen molar-refractivity contribution in [3.8, 4) is 0 Å². The predicted octanol–water partition coefficient (Wildman–Crippen LogP) is 2.06. The molecule has 0 aromatic heterocycles. The molecule has 3 nitrogen and oxygen atoms in total. The lowest BCUT2D eigenvalue weighted by atomic mass is 9.94. The first-order chi connectivity index (χ1) is 7.26. The maximum atomic E-state index is 5.11. The third kappa shape index (κ3) is 7.77. The van der Waals surface area contributed by atoms with E-state index < -0.39 is 0 Å². The van der Waals surface area contributed by atoms with Crippen molar-refractivity contribution in [3.05, 3.63) is 0 Å². The number of nitrogens with one attached hydrogen (secondary N) is 1. The first-order valence-electron chi connectivity index (χ1n) is 5.97. The Morgan fingerprint density at radius 1 is 1.07 bits per heavy atom. The summed E-state index contributed by atoms with van der Waals surface area (Å²) in [5.41, 5.74) is 0. The van der Waals surface area contributed by atoms with Crippen LogP contribution in [0, 0.1) is 5.92 Å². The van der Waals surface area contributed by atoms with Crippen molar-refractivity contribution in [2.24, 2.45) is 5.92 Å². The Morgan fingerprint density at radius 3 is 2.27 bits per heavy atom. The summed E-state index contributed by atoms with van der Waals surface area (Å²) in [6.07, 6.45) is 3.44. The van der Waals surface area contributed by atoms with Gasteiger partial charge in [0.1, 0.15) is 0 Å². The van der Waals surface area contributed by atoms with Gasteiger partial charge in [0, 0.05) is 33.5 Å². The quantitative estimate of drug-likeness (QED) is 0.568. The second-order valence-electron chi connectivity index (χ2n) is 4.06. The summed E-state index contributed by atoms with van der Waals surface area (Å²) in [6.45, 7) is 7.20. The van der Waals surface area contributed by atoms with Crippen molar-refractivity contribution in [2.75, 3.05) is 34.0 Å². The second kappa shape index (κ2) is 10.4. The fourth-order valence-electron chi connectivity index (χ4n) is 1.80. The smallest absolute Gasteiger partial charge is 0.0465 e. The molecule has 0 aromatic carbocycles. The van der Waals surface area contributed by atoms with Crippen molar-refractivity contribution in [1.29, 1.82) is 0 Å². The zero-order chi connectivity index (χ0) is 11.5. The molecule has 0 saturated carbocycles. The van der Waals surface area contributed by atoms with Crippen LogP contribution < -0.4 is 5.32 Å². The third-order valence-corrected chi connectivity index (χ3v) is 2.79. The van der Waals surface area contributed by atoms with Crippen molar-refractivity contribution >= 4 is 0 Å². The molecule has 0 aromatic rings. The van der Waals surface area contributed by atoms with Crippen molar-refractivity contribution in [2.45, 2.75) is 39.2 Å². The summed E-state index contributed by atoms with van der Waals surface area (Å²) >= 11 is 0. The minimum absolute atomic E-state index is 0.597. The van der Waals surface area contributed by atoms with Crippen LogP contribution in [0.2, 0.25) is 0 Å². The van der Waals surface area contributed by atoms with E-state index in [4.69, 9.17) is 9.47 Å². The Kier molecular flexibility index (Phi) is 10.3. The standard InChI is InChI=1S/C12H27NO2/c1-5-13-12(7-6-9-14-3)11(2)8-10-15-4/h11-13H,5-10H2,1-4H3. The number of hydrogen-bond acceptors (Lipinski definition) is 3. The van der Waals surface area contributed by atoms with E-state index in [-0.39, 0.29) is 0 Å². The highest BCUT2D eigenvalue weighted by atomic mass is 16.5. The SMILES string of the molecule is CCNC(CCCOC)C(C)CCOC. The van der Waals surface area contributed by atoms with Crippen LogP contribution in [0.1, 0.15) is 33.1 Å². The Labute approximate surface area is 94.5 Å².